The molecule has 0 radical (unpaired) electrons. The van der Waals surface area contributed by atoms with E-state index in [9.17, 15) is 4.79 Å². The first-order valence-corrected chi connectivity index (χ1v) is 9.32. The smallest absolute Gasteiger partial charge is 0.253 e. The van der Waals surface area contributed by atoms with Crippen LogP contribution in [-0.2, 0) is 0 Å². The van der Waals surface area contributed by atoms with Crippen molar-refractivity contribution >= 4 is 11.7 Å². The highest BCUT2D eigenvalue weighted by Gasteiger charge is 2.23. The minimum Gasteiger partial charge on any atom is -0.494 e. The Labute approximate surface area is 163 Å². The van der Waals surface area contributed by atoms with Crippen molar-refractivity contribution in [1.29, 1.82) is 0 Å². The van der Waals surface area contributed by atoms with Crippen molar-refractivity contribution in [1.82, 2.24) is 24.4 Å². The number of hydrogen-bond acceptors (Lipinski definition) is 6. The molecule has 28 heavy (non-hydrogen) atoms. The van der Waals surface area contributed by atoms with E-state index in [4.69, 9.17) is 4.74 Å². The first-order valence-electron chi connectivity index (χ1n) is 9.32. The predicted molar refractivity (Wildman–Crippen MR) is 105 cm³/mol. The van der Waals surface area contributed by atoms with Crippen molar-refractivity contribution in [3.05, 3.63) is 60.9 Å². The molecule has 1 saturated heterocycles. The number of rotatable bonds is 5. The number of aromatic nitrogens is 4. The maximum atomic E-state index is 12.8. The Bertz CT molecular complexity index is 918. The largest absolute Gasteiger partial charge is 0.494 e. The minimum absolute atomic E-state index is 0.0458. The highest BCUT2D eigenvalue weighted by Crippen LogP contribution is 2.18. The van der Waals surface area contributed by atoms with E-state index < -0.39 is 0 Å². The molecular formula is C20H22N6O2. The van der Waals surface area contributed by atoms with Gasteiger partial charge in [-0.25, -0.2) is 15.0 Å². The molecule has 1 fully saturated rings. The van der Waals surface area contributed by atoms with Crippen LogP contribution in [0.1, 0.15) is 17.3 Å². The zero-order valence-electron chi connectivity index (χ0n) is 15.7. The lowest BCUT2D eigenvalue weighted by Crippen LogP contribution is -2.49. The van der Waals surface area contributed by atoms with Crippen LogP contribution in [0, 0.1) is 0 Å². The van der Waals surface area contributed by atoms with Gasteiger partial charge in [-0.2, -0.15) is 0 Å². The van der Waals surface area contributed by atoms with Crippen LogP contribution in [0.5, 0.6) is 5.75 Å². The molecule has 144 valence electrons. The minimum atomic E-state index is 0.0458. The molecule has 0 atom stereocenters. The lowest BCUT2D eigenvalue weighted by Gasteiger charge is -2.35. The van der Waals surface area contributed by atoms with Crippen molar-refractivity contribution in [2.24, 2.45) is 0 Å². The van der Waals surface area contributed by atoms with Crippen molar-refractivity contribution in [3.8, 4) is 11.6 Å². The molecule has 0 N–H and O–H groups in total. The molecule has 0 saturated carbocycles. The lowest BCUT2D eigenvalue weighted by molar-refractivity contribution is 0.0746. The van der Waals surface area contributed by atoms with Crippen LogP contribution in [-0.4, -0.2) is 63.1 Å². The van der Waals surface area contributed by atoms with Crippen LogP contribution in [0.3, 0.4) is 0 Å². The van der Waals surface area contributed by atoms with E-state index in [1.54, 1.807) is 18.9 Å². The summed E-state index contributed by atoms with van der Waals surface area (Å²) < 4.78 is 7.28. The Morgan fingerprint density at radius 2 is 1.82 bits per heavy atom. The van der Waals surface area contributed by atoms with Gasteiger partial charge in [-0.05, 0) is 31.2 Å². The fraction of sp³-hybridized carbons (Fsp3) is 0.300. The summed E-state index contributed by atoms with van der Waals surface area (Å²) in [4.78, 5) is 29.5. The average molecular weight is 378 g/mol. The first kappa shape index (κ1) is 18.0. The summed E-state index contributed by atoms with van der Waals surface area (Å²) in [5.74, 6) is 2.45. The SMILES string of the molecule is CCOc1ccc(C(=O)N2CCN(c3cc(-n4ccnc4)ncn3)CC2)cc1. The Morgan fingerprint density at radius 3 is 2.50 bits per heavy atom. The van der Waals surface area contributed by atoms with E-state index in [0.29, 0.717) is 25.3 Å². The van der Waals surface area contributed by atoms with E-state index in [1.807, 2.05) is 52.9 Å². The van der Waals surface area contributed by atoms with Gasteiger partial charge in [0, 0.05) is 50.2 Å². The number of amides is 1. The number of anilines is 1. The first-order chi connectivity index (χ1) is 13.7. The van der Waals surface area contributed by atoms with Gasteiger partial charge in [0.2, 0.25) is 0 Å². The molecule has 0 spiro atoms. The summed E-state index contributed by atoms with van der Waals surface area (Å²) >= 11 is 0. The topological polar surface area (TPSA) is 76.4 Å². The van der Waals surface area contributed by atoms with Crippen LogP contribution in [0.2, 0.25) is 0 Å². The Balaban J connectivity index is 1.39. The molecule has 0 aliphatic carbocycles. The van der Waals surface area contributed by atoms with Crippen molar-refractivity contribution in [2.45, 2.75) is 6.92 Å². The predicted octanol–water partition coefficient (Wildman–Crippen LogP) is 2.02. The number of hydrogen-bond donors (Lipinski definition) is 0. The van der Waals surface area contributed by atoms with Gasteiger partial charge in [0.15, 0.2) is 0 Å². The second-order valence-electron chi connectivity index (χ2n) is 6.44. The highest BCUT2D eigenvalue weighted by molar-refractivity contribution is 5.94. The third-order valence-electron chi connectivity index (χ3n) is 4.71. The van der Waals surface area contributed by atoms with Crippen LogP contribution in [0.4, 0.5) is 5.82 Å². The van der Waals surface area contributed by atoms with Gasteiger partial charge >= 0.3 is 0 Å². The Morgan fingerprint density at radius 1 is 1.07 bits per heavy atom. The standard InChI is InChI=1S/C20H22N6O2/c1-2-28-17-5-3-16(4-6-17)20(27)25-11-9-24(10-12-25)18-13-19(23-14-22-18)26-8-7-21-15-26/h3-8,13-15H,2,9-12H2,1H3. The molecule has 4 rings (SSSR count). The third kappa shape index (κ3) is 3.80. The second-order valence-corrected chi connectivity index (χ2v) is 6.44. The molecule has 3 aromatic rings. The number of benzene rings is 1. The van der Waals surface area contributed by atoms with E-state index in [2.05, 4.69) is 19.9 Å². The van der Waals surface area contributed by atoms with E-state index in [1.165, 1.54) is 0 Å². The fourth-order valence-corrected chi connectivity index (χ4v) is 3.23. The van der Waals surface area contributed by atoms with Gasteiger partial charge < -0.3 is 14.5 Å². The summed E-state index contributed by atoms with van der Waals surface area (Å²) in [6.45, 7) is 5.30. The molecule has 8 heteroatoms. The number of carbonyl (C=O) groups is 1. The number of nitrogens with zero attached hydrogens (tertiary/aromatic N) is 6. The van der Waals surface area contributed by atoms with Gasteiger partial charge in [0.05, 0.1) is 6.61 Å². The van der Waals surface area contributed by atoms with Gasteiger partial charge in [-0.1, -0.05) is 0 Å². The van der Waals surface area contributed by atoms with E-state index >= 15 is 0 Å². The second kappa shape index (κ2) is 8.08. The van der Waals surface area contributed by atoms with Crippen LogP contribution in [0.15, 0.2) is 55.4 Å². The molecule has 2 aromatic heterocycles. The molecule has 1 aromatic carbocycles. The number of imidazole rings is 1. The van der Waals surface area contributed by atoms with E-state index in [-0.39, 0.29) is 5.91 Å². The van der Waals surface area contributed by atoms with Crippen molar-refractivity contribution in [2.75, 3.05) is 37.7 Å². The fourth-order valence-electron chi connectivity index (χ4n) is 3.23. The van der Waals surface area contributed by atoms with Crippen LogP contribution in [0.25, 0.3) is 5.82 Å². The molecule has 0 unspecified atom stereocenters. The molecular weight excluding hydrogens is 356 g/mol. The van der Waals surface area contributed by atoms with Gasteiger partial charge in [0.25, 0.3) is 5.91 Å². The van der Waals surface area contributed by atoms with E-state index in [0.717, 1.165) is 30.5 Å². The Kier molecular flexibility index (Phi) is 5.18. The Hall–Kier alpha value is -3.42. The average Bonchev–Trinajstić information content (AvgIpc) is 3.29. The quantitative estimate of drug-likeness (QED) is 0.676. The third-order valence-corrected chi connectivity index (χ3v) is 4.71. The zero-order valence-corrected chi connectivity index (χ0v) is 15.7. The van der Waals surface area contributed by atoms with Gasteiger partial charge in [0.1, 0.15) is 30.0 Å². The van der Waals surface area contributed by atoms with Gasteiger partial charge in [-0.15, -0.1) is 0 Å². The lowest BCUT2D eigenvalue weighted by atomic mass is 10.1. The summed E-state index contributed by atoms with van der Waals surface area (Å²) in [6.07, 6.45) is 6.83. The van der Waals surface area contributed by atoms with Crippen molar-refractivity contribution < 1.29 is 9.53 Å². The maximum absolute atomic E-state index is 12.8. The van der Waals surface area contributed by atoms with Crippen LogP contribution < -0.4 is 9.64 Å². The number of carbonyl (C=O) groups excluding carboxylic acids is 1. The summed E-state index contributed by atoms with van der Waals surface area (Å²) in [7, 11) is 0. The molecule has 3 heterocycles. The number of ether oxygens (including phenoxy) is 1. The zero-order chi connectivity index (χ0) is 19.3. The molecule has 1 amide bonds. The summed E-state index contributed by atoms with van der Waals surface area (Å²) in [6, 6.07) is 9.26. The molecule has 1 aliphatic rings. The maximum Gasteiger partial charge on any atom is 0.253 e. The normalized spacial score (nSPS) is 14.2. The number of piperazine rings is 1. The molecule has 0 bridgehead atoms. The molecule has 8 nitrogen and oxygen atoms in total. The highest BCUT2D eigenvalue weighted by atomic mass is 16.5. The summed E-state index contributed by atoms with van der Waals surface area (Å²) in [5.41, 5.74) is 0.682. The molecule has 1 aliphatic heterocycles. The van der Waals surface area contributed by atoms with Crippen molar-refractivity contribution in [3.63, 3.8) is 0 Å². The monoisotopic (exact) mass is 378 g/mol. The van der Waals surface area contributed by atoms with Crippen LogP contribution >= 0.6 is 0 Å². The van der Waals surface area contributed by atoms with Gasteiger partial charge in [-0.3, -0.25) is 9.36 Å². The summed E-state index contributed by atoms with van der Waals surface area (Å²) in [5, 5.41) is 0.